The molecule has 1 aromatic rings. The first-order chi connectivity index (χ1) is 8.29. The Labute approximate surface area is 107 Å². The molecule has 17 heavy (non-hydrogen) atoms. The molecule has 2 N–H and O–H groups in total. The lowest BCUT2D eigenvalue weighted by molar-refractivity contribution is -0.878. The molecule has 1 aliphatic heterocycles. The molecule has 0 saturated carbocycles. The van der Waals surface area contributed by atoms with Gasteiger partial charge in [-0.15, -0.1) is 11.8 Å². The molecular weight excluding hydrogens is 232 g/mol. The Morgan fingerprint density at radius 2 is 2.06 bits per heavy atom. The molecule has 3 nitrogen and oxygen atoms in total. The van der Waals surface area contributed by atoms with E-state index in [1.807, 2.05) is 30.5 Å². The van der Waals surface area contributed by atoms with Gasteiger partial charge in [0.15, 0.2) is 6.54 Å². The predicted molar refractivity (Wildman–Crippen MR) is 71.7 cm³/mol. The third-order valence-corrected chi connectivity index (χ3v) is 3.90. The van der Waals surface area contributed by atoms with Gasteiger partial charge in [-0.2, -0.15) is 0 Å². The Kier molecular flexibility index (Phi) is 4.45. The first kappa shape index (κ1) is 12.5. The molecule has 0 aliphatic carbocycles. The van der Waals surface area contributed by atoms with Crippen LogP contribution in [0.2, 0.25) is 0 Å². The van der Waals surface area contributed by atoms with E-state index in [1.54, 1.807) is 11.8 Å². The van der Waals surface area contributed by atoms with Crippen LogP contribution in [-0.4, -0.2) is 31.8 Å². The van der Waals surface area contributed by atoms with Gasteiger partial charge in [0.2, 0.25) is 0 Å². The molecule has 4 heteroatoms. The van der Waals surface area contributed by atoms with Crippen molar-refractivity contribution in [1.29, 1.82) is 0 Å². The SMILES string of the molecule is CSc1ccccc1NC(=O)C[NH+]1CCCC1. The number of carbonyl (C=O) groups excluding carboxylic acids is 1. The Bertz CT molecular complexity index is 389. The predicted octanol–water partition coefficient (Wildman–Crippen LogP) is 1.03. The van der Waals surface area contributed by atoms with Gasteiger partial charge in [-0.25, -0.2) is 0 Å². The summed E-state index contributed by atoms with van der Waals surface area (Å²) in [7, 11) is 0. The molecule has 1 saturated heterocycles. The third-order valence-electron chi connectivity index (χ3n) is 3.10. The van der Waals surface area contributed by atoms with Gasteiger partial charge in [-0.05, 0) is 18.4 Å². The summed E-state index contributed by atoms with van der Waals surface area (Å²) in [5.41, 5.74) is 0.934. The third kappa shape index (κ3) is 3.48. The maximum absolute atomic E-state index is 11.9. The highest BCUT2D eigenvalue weighted by Crippen LogP contribution is 2.24. The Balaban J connectivity index is 1.92. The molecule has 1 aliphatic rings. The van der Waals surface area contributed by atoms with Crippen molar-refractivity contribution in [2.24, 2.45) is 0 Å². The van der Waals surface area contributed by atoms with Crippen molar-refractivity contribution in [3.63, 3.8) is 0 Å². The fraction of sp³-hybridized carbons (Fsp3) is 0.462. The van der Waals surface area contributed by atoms with Crippen LogP contribution >= 0.6 is 11.8 Å². The Hall–Kier alpha value is -1.00. The molecular formula is C13H19N2OS+. The van der Waals surface area contributed by atoms with Gasteiger partial charge in [-0.1, -0.05) is 12.1 Å². The molecule has 0 unspecified atom stereocenters. The molecule has 92 valence electrons. The van der Waals surface area contributed by atoms with Crippen LogP contribution in [0.15, 0.2) is 29.2 Å². The second-order valence-corrected chi connectivity index (χ2v) is 5.23. The van der Waals surface area contributed by atoms with Gasteiger partial charge in [0.1, 0.15) is 0 Å². The molecule has 0 radical (unpaired) electrons. The van der Waals surface area contributed by atoms with Gasteiger partial charge in [0, 0.05) is 17.7 Å². The van der Waals surface area contributed by atoms with Crippen LogP contribution in [0.25, 0.3) is 0 Å². The van der Waals surface area contributed by atoms with E-state index in [2.05, 4.69) is 5.32 Å². The van der Waals surface area contributed by atoms with Crippen molar-refractivity contribution >= 4 is 23.4 Å². The molecule has 1 fully saturated rings. The van der Waals surface area contributed by atoms with Crippen molar-refractivity contribution in [2.75, 3.05) is 31.2 Å². The summed E-state index contributed by atoms with van der Waals surface area (Å²) in [6.07, 6.45) is 4.53. The van der Waals surface area contributed by atoms with Gasteiger partial charge in [0.05, 0.1) is 18.8 Å². The number of para-hydroxylation sites is 1. The van der Waals surface area contributed by atoms with E-state index in [-0.39, 0.29) is 5.91 Å². The molecule has 1 heterocycles. The van der Waals surface area contributed by atoms with Crippen molar-refractivity contribution in [2.45, 2.75) is 17.7 Å². The lowest BCUT2D eigenvalue weighted by Crippen LogP contribution is -3.11. The number of hydrogen-bond acceptors (Lipinski definition) is 2. The average Bonchev–Trinajstić information content (AvgIpc) is 2.82. The number of carbonyl (C=O) groups is 1. The highest BCUT2D eigenvalue weighted by Gasteiger charge is 2.19. The summed E-state index contributed by atoms with van der Waals surface area (Å²) in [4.78, 5) is 14.4. The molecule has 0 atom stereocenters. The van der Waals surface area contributed by atoms with E-state index in [0.717, 1.165) is 23.7 Å². The highest BCUT2D eigenvalue weighted by atomic mass is 32.2. The maximum atomic E-state index is 11.9. The van der Waals surface area contributed by atoms with Crippen molar-refractivity contribution in [3.8, 4) is 0 Å². The lowest BCUT2D eigenvalue weighted by atomic mass is 10.3. The molecule has 0 bridgehead atoms. The summed E-state index contributed by atoms with van der Waals surface area (Å²) in [6, 6.07) is 7.94. The van der Waals surface area contributed by atoms with E-state index in [9.17, 15) is 4.79 Å². The molecule has 0 spiro atoms. The normalized spacial score (nSPS) is 16.1. The van der Waals surface area contributed by atoms with E-state index in [0.29, 0.717) is 6.54 Å². The fourth-order valence-electron chi connectivity index (χ4n) is 2.22. The van der Waals surface area contributed by atoms with Crippen LogP contribution in [0.4, 0.5) is 5.69 Å². The Morgan fingerprint density at radius 1 is 1.35 bits per heavy atom. The zero-order chi connectivity index (χ0) is 12.1. The largest absolute Gasteiger partial charge is 0.327 e. The first-order valence-electron chi connectivity index (χ1n) is 6.06. The van der Waals surface area contributed by atoms with Gasteiger partial charge < -0.3 is 10.2 Å². The summed E-state index contributed by atoms with van der Waals surface area (Å²) in [6.45, 7) is 2.87. The molecule has 0 aromatic heterocycles. The van der Waals surface area contributed by atoms with Crippen LogP contribution in [0.5, 0.6) is 0 Å². The first-order valence-corrected chi connectivity index (χ1v) is 7.28. The van der Waals surface area contributed by atoms with Gasteiger partial charge >= 0.3 is 0 Å². The number of likely N-dealkylation sites (tertiary alicyclic amines) is 1. The highest BCUT2D eigenvalue weighted by molar-refractivity contribution is 7.98. The lowest BCUT2D eigenvalue weighted by Gasteiger charge is -2.13. The molecule has 1 amide bonds. The van der Waals surface area contributed by atoms with E-state index < -0.39 is 0 Å². The molecule has 2 rings (SSSR count). The smallest absolute Gasteiger partial charge is 0.279 e. The van der Waals surface area contributed by atoms with Gasteiger partial charge in [-0.3, -0.25) is 4.79 Å². The minimum absolute atomic E-state index is 0.128. The minimum atomic E-state index is 0.128. The number of benzene rings is 1. The maximum Gasteiger partial charge on any atom is 0.279 e. The van der Waals surface area contributed by atoms with Crippen molar-refractivity contribution in [1.82, 2.24) is 0 Å². The van der Waals surface area contributed by atoms with Crippen molar-refractivity contribution in [3.05, 3.63) is 24.3 Å². The number of nitrogens with one attached hydrogen (secondary N) is 2. The van der Waals surface area contributed by atoms with Crippen LogP contribution in [0, 0.1) is 0 Å². The quantitative estimate of drug-likeness (QED) is 0.784. The number of rotatable bonds is 4. The van der Waals surface area contributed by atoms with Crippen molar-refractivity contribution < 1.29 is 9.69 Å². The summed E-state index contributed by atoms with van der Waals surface area (Å²) >= 11 is 1.66. The standard InChI is InChI=1S/C13H18N2OS/c1-17-12-7-3-2-6-11(12)14-13(16)10-15-8-4-5-9-15/h2-3,6-7H,4-5,8-10H2,1H3,(H,14,16)/p+1. The number of hydrogen-bond donors (Lipinski definition) is 2. The number of thioether (sulfide) groups is 1. The minimum Gasteiger partial charge on any atom is -0.327 e. The molecule has 1 aromatic carbocycles. The van der Waals surface area contributed by atoms with Crippen LogP contribution in [0.1, 0.15) is 12.8 Å². The summed E-state index contributed by atoms with van der Waals surface area (Å²) in [5, 5.41) is 3.01. The number of amides is 1. The zero-order valence-electron chi connectivity index (χ0n) is 10.2. The van der Waals surface area contributed by atoms with E-state index in [4.69, 9.17) is 0 Å². The van der Waals surface area contributed by atoms with E-state index >= 15 is 0 Å². The van der Waals surface area contributed by atoms with Crippen LogP contribution in [0.3, 0.4) is 0 Å². The van der Waals surface area contributed by atoms with Crippen LogP contribution < -0.4 is 10.2 Å². The monoisotopic (exact) mass is 251 g/mol. The second kappa shape index (κ2) is 6.07. The topological polar surface area (TPSA) is 33.5 Å². The van der Waals surface area contributed by atoms with E-state index in [1.165, 1.54) is 17.7 Å². The number of quaternary nitrogens is 1. The fourth-order valence-corrected chi connectivity index (χ4v) is 2.77. The number of anilines is 1. The second-order valence-electron chi connectivity index (χ2n) is 4.38. The zero-order valence-corrected chi connectivity index (χ0v) is 11.0. The summed E-state index contributed by atoms with van der Waals surface area (Å²) < 4.78 is 0. The average molecular weight is 251 g/mol. The van der Waals surface area contributed by atoms with Gasteiger partial charge in [0.25, 0.3) is 5.91 Å². The Morgan fingerprint density at radius 3 is 2.76 bits per heavy atom. The summed E-state index contributed by atoms with van der Waals surface area (Å²) in [5.74, 6) is 0.128. The van der Waals surface area contributed by atoms with Crippen LogP contribution in [-0.2, 0) is 4.79 Å².